The normalized spacial score (nSPS) is 22.7. The van der Waals surface area contributed by atoms with E-state index in [1.54, 1.807) is 0 Å². The maximum Gasteiger partial charge on any atom is 0.222 e. The third kappa shape index (κ3) is 5.15. The molecule has 5 heteroatoms. The van der Waals surface area contributed by atoms with Crippen molar-refractivity contribution in [2.45, 2.75) is 62.9 Å². The van der Waals surface area contributed by atoms with Crippen molar-refractivity contribution >= 4 is 22.6 Å². The summed E-state index contributed by atoms with van der Waals surface area (Å²) >= 11 is 0. The van der Waals surface area contributed by atoms with E-state index in [4.69, 9.17) is 0 Å². The lowest BCUT2D eigenvalue weighted by Crippen LogP contribution is -2.45. The summed E-state index contributed by atoms with van der Waals surface area (Å²) < 4.78 is 0. The summed E-state index contributed by atoms with van der Waals surface area (Å²) in [4.78, 5) is 30.4. The van der Waals surface area contributed by atoms with Crippen LogP contribution >= 0.6 is 0 Å². The summed E-state index contributed by atoms with van der Waals surface area (Å²) in [5, 5.41) is 5.74. The van der Waals surface area contributed by atoms with Crippen LogP contribution in [0.4, 0.5) is 0 Å². The Morgan fingerprint density at radius 1 is 0.892 bits per heavy atom. The quantitative estimate of drug-likeness (QED) is 0.547. The predicted octanol–water partition coefficient (Wildman–Crippen LogP) is 4.51. The number of carbonyl (C=O) groups excluding carboxylic acids is 2. The van der Waals surface area contributed by atoms with Crippen LogP contribution in [0.5, 0.6) is 0 Å². The zero-order valence-corrected chi connectivity index (χ0v) is 21.6. The minimum atomic E-state index is -0.343. The molecule has 1 N–H and O–H groups in total. The summed E-state index contributed by atoms with van der Waals surface area (Å²) in [6, 6.07) is 24.2. The first-order chi connectivity index (χ1) is 18.1. The Morgan fingerprint density at radius 3 is 2.43 bits per heavy atom. The molecule has 3 aromatic rings. The van der Waals surface area contributed by atoms with Gasteiger partial charge in [-0.3, -0.25) is 14.5 Å². The van der Waals surface area contributed by atoms with Crippen LogP contribution in [0, 0.1) is 0 Å². The molecule has 37 heavy (non-hydrogen) atoms. The van der Waals surface area contributed by atoms with Crippen LogP contribution in [-0.2, 0) is 28.9 Å². The highest BCUT2D eigenvalue weighted by Gasteiger charge is 2.39. The predicted molar refractivity (Wildman–Crippen MR) is 147 cm³/mol. The van der Waals surface area contributed by atoms with E-state index in [0.29, 0.717) is 25.3 Å². The Hall–Kier alpha value is -3.18. The van der Waals surface area contributed by atoms with Crippen LogP contribution in [0.3, 0.4) is 0 Å². The highest BCUT2D eigenvalue weighted by Crippen LogP contribution is 2.33. The van der Waals surface area contributed by atoms with E-state index in [2.05, 4.69) is 81.8 Å². The third-order valence-corrected chi connectivity index (χ3v) is 8.89. The molecule has 2 heterocycles. The van der Waals surface area contributed by atoms with Gasteiger partial charge in [-0.05, 0) is 66.0 Å². The van der Waals surface area contributed by atoms with Crippen molar-refractivity contribution in [3.63, 3.8) is 0 Å². The molecule has 3 aliphatic rings. The van der Waals surface area contributed by atoms with Crippen LogP contribution in [0.25, 0.3) is 10.8 Å². The molecule has 2 amide bonds. The van der Waals surface area contributed by atoms with Gasteiger partial charge in [0.25, 0.3) is 0 Å². The Kier molecular flexibility index (Phi) is 6.72. The van der Waals surface area contributed by atoms with Gasteiger partial charge in [-0.1, -0.05) is 66.7 Å². The van der Waals surface area contributed by atoms with Crippen molar-refractivity contribution in [3.05, 3.63) is 83.4 Å². The average molecular weight is 496 g/mol. The molecule has 0 radical (unpaired) electrons. The van der Waals surface area contributed by atoms with E-state index in [9.17, 15) is 9.59 Å². The highest BCUT2D eigenvalue weighted by atomic mass is 16.2. The average Bonchev–Trinajstić information content (AvgIpc) is 3.42. The molecule has 1 atom stereocenters. The van der Waals surface area contributed by atoms with Crippen molar-refractivity contribution in [1.29, 1.82) is 0 Å². The van der Waals surface area contributed by atoms with Crippen molar-refractivity contribution in [1.82, 2.24) is 15.1 Å². The molecule has 0 bridgehead atoms. The number of nitrogens with one attached hydrogen (secondary N) is 1. The number of fused-ring (bicyclic) bond motifs is 2. The molecule has 3 aromatic carbocycles. The van der Waals surface area contributed by atoms with Gasteiger partial charge in [0, 0.05) is 50.6 Å². The van der Waals surface area contributed by atoms with Gasteiger partial charge in [-0.25, -0.2) is 0 Å². The zero-order chi connectivity index (χ0) is 25.2. The molecule has 5 nitrogen and oxygen atoms in total. The van der Waals surface area contributed by atoms with Crippen LogP contribution in [0.15, 0.2) is 66.7 Å². The maximum atomic E-state index is 13.4. The number of rotatable bonds is 6. The highest BCUT2D eigenvalue weighted by molar-refractivity contribution is 5.86. The standard InChI is InChI=1S/C32H37N3O2/c36-30-13-15-32(33-30,23-27-11-5-10-24-7-3-4-12-29(24)27)16-14-31(37)35-18-6-17-34(19-20-35)28-21-25-8-1-2-9-26(25)22-28/h1-5,7-12,28H,6,13-23H2,(H,33,36). The SMILES string of the molecule is O=C1CCC(CCC(=O)N2CCCN(C3Cc4ccccc4C3)CC2)(Cc2cccc3ccccc23)N1. The van der Waals surface area contributed by atoms with E-state index in [1.165, 1.54) is 27.5 Å². The zero-order valence-electron chi connectivity index (χ0n) is 21.6. The Balaban J connectivity index is 1.09. The summed E-state index contributed by atoms with van der Waals surface area (Å²) in [5.41, 5.74) is 3.87. The molecule has 6 rings (SSSR count). The van der Waals surface area contributed by atoms with Gasteiger partial charge >= 0.3 is 0 Å². The fraction of sp³-hybridized carbons (Fsp3) is 0.438. The summed E-state index contributed by atoms with van der Waals surface area (Å²) in [5.74, 6) is 0.339. The van der Waals surface area contributed by atoms with Crippen molar-refractivity contribution in [2.24, 2.45) is 0 Å². The molecule has 2 saturated heterocycles. The summed E-state index contributed by atoms with van der Waals surface area (Å²) in [6.45, 7) is 3.64. The molecule has 1 aliphatic carbocycles. The number of benzene rings is 3. The number of hydrogen-bond donors (Lipinski definition) is 1. The van der Waals surface area contributed by atoms with Gasteiger partial charge in [0.05, 0.1) is 0 Å². The summed E-state index contributed by atoms with van der Waals surface area (Å²) in [6.07, 6.45) is 6.56. The van der Waals surface area contributed by atoms with Gasteiger partial charge in [-0.2, -0.15) is 0 Å². The fourth-order valence-electron chi connectivity index (χ4n) is 6.84. The third-order valence-electron chi connectivity index (χ3n) is 8.89. The van der Waals surface area contributed by atoms with Gasteiger partial charge in [0.2, 0.25) is 11.8 Å². The number of hydrogen-bond acceptors (Lipinski definition) is 3. The molecule has 2 aliphatic heterocycles. The molecular formula is C32H37N3O2. The first-order valence-electron chi connectivity index (χ1n) is 13.9. The smallest absolute Gasteiger partial charge is 0.222 e. The molecule has 0 saturated carbocycles. The minimum absolute atomic E-state index is 0.107. The fourth-order valence-corrected chi connectivity index (χ4v) is 6.84. The molecule has 0 spiro atoms. The molecule has 1 unspecified atom stereocenters. The second-order valence-electron chi connectivity index (χ2n) is 11.2. The van der Waals surface area contributed by atoms with E-state index in [0.717, 1.165) is 58.3 Å². The second-order valence-corrected chi connectivity index (χ2v) is 11.2. The van der Waals surface area contributed by atoms with Crippen LogP contribution in [-0.4, -0.2) is 59.4 Å². The first kappa shape index (κ1) is 24.2. The monoisotopic (exact) mass is 495 g/mol. The Bertz CT molecular complexity index is 1270. The van der Waals surface area contributed by atoms with Crippen molar-refractivity contribution < 1.29 is 9.59 Å². The van der Waals surface area contributed by atoms with E-state index < -0.39 is 0 Å². The largest absolute Gasteiger partial charge is 0.350 e. The lowest BCUT2D eigenvalue weighted by Gasteiger charge is -2.31. The summed E-state index contributed by atoms with van der Waals surface area (Å²) in [7, 11) is 0. The first-order valence-corrected chi connectivity index (χ1v) is 13.9. The van der Waals surface area contributed by atoms with Gasteiger partial charge < -0.3 is 10.2 Å². The second kappa shape index (κ2) is 10.3. The maximum absolute atomic E-state index is 13.4. The topological polar surface area (TPSA) is 52.7 Å². The van der Waals surface area contributed by atoms with Crippen molar-refractivity contribution in [2.75, 3.05) is 26.2 Å². The van der Waals surface area contributed by atoms with E-state index >= 15 is 0 Å². The molecule has 2 fully saturated rings. The molecule has 0 aromatic heterocycles. The lowest BCUT2D eigenvalue weighted by atomic mass is 9.83. The van der Waals surface area contributed by atoms with Gasteiger partial charge in [0.1, 0.15) is 0 Å². The van der Waals surface area contributed by atoms with Crippen LogP contribution in [0.2, 0.25) is 0 Å². The molecule has 192 valence electrons. The van der Waals surface area contributed by atoms with Gasteiger partial charge in [-0.15, -0.1) is 0 Å². The number of nitrogens with zero attached hydrogens (tertiary/aromatic N) is 2. The Morgan fingerprint density at radius 2 is 1.65 bits per heavy atom. The number of amides is 2. The lowest BCUT2D eigenvalue weighted by molar-refractivity contribution is -0.131. The van der Waals surface area contributed by atoms with Gasteiger partial charge in [0.15, 0.2) is 0 Å². The van der Waals surface area contributed by atoms with E-state index in [-0.39, 0.29) is 17.4 Å². The molecular weight excluding hydrogens is 458 g/mol. The minimum Gasteiger partial charge on any atom is -0.350 e. The van der Waals surface area contributed by atoms with Crippen LogP contribution < -0.4 is 5.32 Å². The van der Waals surface area contributed by atoms with Crippen molar-refractivity contribution in [3.8, 4) is 0 Å². The van der Waals surface area contributed by atoms with Crippen LogP contribution in [0.1, 0.15) is 48.8 Å². The Labute approximate surface area is 219 Å². The van der Waals surface area contributed by atoms with E-state index in [1.807, 2.05) is 0 Å². The number of carbonyl (C=O) groups is 2.